The largest absolute Gasteiger partial charge is 0.330 e. The number of nitrogens with zero attached hydrogens (tertiary/aromatic N) is 2. The molecule has 0 radical (unpaired) electrons. The van der Waals surface area contributed by atoms with Crippen LogP contribution in [0.1, 0.15) is 25.8 Å². The van der Waals surface area contributed by atoms with Crippen LogP contribution in [0, 0.1) is 5.92 Å². The molecule has 0 aliphatic carbocycles. The van der Waals surface area contributed by atoms with E-state index in [0.717, 1.165) is 32.6 Å². The predicted octanol–water partition coefficient (Wildman–Crippen LogP) is 1.89. The van der Waals surface area contributed by atoms with Gasteiger partial charge in [0, 0.05) is 25.5 Å². The Hall–Kier alpha value is -0.930. The predicted molar refractivity (Wildman–Crippen MR) is 68.0 cm³/mol. The molecule has 0 aromatic carbocycles. The second kappa shape index (κ2) is 7.36. The Labute approximate surface area is 98.7 Å². The van der Waals surface area contributed by atoms with E-state index in [4.69, 9.17) is 5.73 Å². The van der Waals surface area contributed by atoms with E-state index in [-0.39, 0.29) is 0 Å². The van der Waals surface area contributed by atoms with Crippen molar-refractivity contribution in [3.8, 4) is 0 Å². The number of nitrogens with two attached hydrogens (primary N) is 1. The van der Waals surface area contributed by atoms with Crippen LogP contribution in [-0.2, 0) is 6.54 Å². The number of rotatable bonds is 7. The first-order valence-corrected chi connectivity index (χ1v) is 6.07. The van der Waals surface area contributed by atoms with Crippen molar-refractivity contribution in [1.29, 1.82) is 0 Å². The summed E-state index contributed by atoms with van der Waals surface area (Å²) < 4.78 is 0. The molecule has 0 spiro atoms. The Kier molecular flexibility index (Phi) is 6.04. The zero-order chi connectivity index (χ0) is 11.8. The van der Waals surface area contributed by atoms with Crippen LogP contribution in [0.5, 0.6) is 0 Å². The van der Waals surface area contributed by atoms with Gasteiger partial charge in [-0.15, -0.1) is 0 Å². The summed E-state index contributed by atoms with van der Waals surface area (Å²) in [6, 6.07) is 4.16. The van der Waals surface area contributed by atoms with E-state index in [1.54, 1.807) is 0 Å². The molecule has 1 unspecified atom stereocenters. The molecule has 3 nitrogen and oxygen atoms in total. The van der Waals surface area contributed by atoms with Crippen LogP contribution in [0.3, 0.4) is 0 Å². The highest BCUT2D eigenvalue weighted by Gasteiger charge is 2.08. The molecule has 1 aromatic rings. The van der Waals surface area contributed by atoms with Crippen molar-refractivity contribution in [3.05, 3.63) is 30.1 Å². The van der Waals surface area contributed by atoms with Crippen LogP contribution in [-0.4, -0.2) is 29.5 Å². The molecule has 0 amide bonds. The Balaban J connectivity index is 2.43. The molecule has 1 atom stereocenters. The van der Waals surface area contributed by atoms with Crippen LogP contribution in [0.15, 0.2) is 24.5 Å². The fourth-order valence-corrected chi connectivity index (χ4v) is 1.87. The molecule has 0 aliphatic rings. The molecule has 1 aromatic heterocycles. The van der Waals surface area contributed by atoms with E-state index in [1.807, 2.05) is 12.4 Å². The van der Waals surface area contributed by atoms with E-state index in [2.05, 4.69) is 35.9 Å². The normalized spacial score (nSPS) is 13.0. The van der Waals surface area contributed by atoms with Crippen molar-refractivity contribution < 1.29 is 0 Å². The highest BCUT2D eigenvalue weighted by atomic mass is 15.1. The van der Waals surface area contributed by atoms with Gasteiger partial charge in [0.1, 0.15) is 0 Å². The third-order valence-electron chi connectivity index (χ3n) is 2.83. The number of pyridine rings is 1. The standard InChI is InChI=1S/C13H23N3/c1-3-16(10-12(2)4-7-14)11-13-5-8-15-9-6-13/h5-6,8-9,12H,3-4,7,10-11,14H2,1-2H3. The summed E-state index contributed by atoms with van der Waals surface area (Å²) in [5.74, 6) is 0.673. The molecular formula is C13H23N3. The molecule has 3 heteroatoms. The van der Waals surface area contributed by atoms with E-state index in [1.165, 1.54) is 5.56 Å². The van der Waals surface area contributed by atoms with E-state index < -0.39 is 0 Å². The van der Waals surface area contributed by atoms with Crippen molar-refractivity contribution in [2.45, 2.75) is 26.8 Å². The smallest absolute Gasteiger partial charge is 0.0271 e. The average molecular weight is 221 g/mol. The first-order chi connectivity index (χ1) is 7.76. The highest BCUT2D eigenvalue weighted by molar-refractivity contribution is 5.09. The van der Waals surface area contributed by atoms with Crippen molar-refractivity contribution in [2.75, 3.05) is 19.6 Å². The lowest BCUT2D eigenvalue weighted by atomic mass is 10.1. The zero-order valence-corrected chi connectivity index (χ0v) is 10.4. The van der Waals surface area contributed by atoms with Gasteiger partial charge in [-0.2, -0.15) is 0 Å². The fraction of sp³-hybridized carbons (Fsp3) is 0.615. The Morgan fingerprint density at radius 1 is 1.38 bits per heavy atom. The van der Waals surface area contributed by atoms with Gasteiger partial charge in [-0.05, 0) is 43.1 Å². The third-order valence-corrected chi connectivity index (χ3v) is 2.83. The summed E-state index contributed by atoms with van der Waals surface area (Å²) >= 11 is 0. The van der Waals surface area contributed by atoms with Crippen LogP contribution >= 0.6 is 0 Å². The second-order valence-electron chi connectivity index (χ2n) is 4.37. The maximum atomic E-state index is 5.57. The van der Waals surface area contributed by atoms with E-state index in [0.29, 0.717) is 5.92 Å². The van der Waals surface area contributed by atoms with Gasteiger partial charge in [-0.1, -0.05) is 13.8 Å². The summed E-state index contributed by atoms with van der Waals surface area (Å²) in [4.78, 5) is 6.49. The Morgan fingerprint density at radius 3 is 2.62 bits per heavy atom. The molecule has 0 saturated heterocycles. The van der Waals surface area contributed by atoms with Gasteiger partial charge in [0.25, 0.3) is 0 Å². The molecule has 90 valence electrons. The SMILES string of the molecule is CCN(Cc1ccncc1)CC(C)CCN. The highest BCUT2D eigenvalue weighted by Crippen LogP contribution is 2.08. The van der Waals surface area contributed by atoms with Gasteiger partial charge in [0.05, 0.1) is 0 Å². The molecular weight excluding hydrogens is 198 g/mol. The Bertz CT molecular complexity index is 274. The maximum absolute atomic E-state index is 5.57. The lowest BCUT2D eigenvalue weighted by molar-refractivity contribution is 0.236. The second-order valence-corrected chi connectivity index (χ2v) is 4.37. The minimum absolute atomic E-state index is 0.673. The average Bonchev–Trinajstić information content (AvgIpc) is 2.30. The van der Waals surface area contributed by atoms with Gasteiger partial charge < -0.3 is 5.73 Å². The van der Waals surface area contributed by atoms with Crippen molar-refractivity contribution in [1.82, 2.24) is 9.88 Å². The van der Waals surface area contributed by atoms with Crippen molar-refractivity contribution in [3.63, 3.8) is 0 Å². The summed E-state index contributed by atoms with van der Waals surface area (Å²) in [5, 5.41) is 0. The fourth-order valence-electron chi connectivity index (χ4n) is 1.87. The summed E-state index contributed by atoms with van der Waals surface area (Å²) in [5.41, 5.74) is 6.90. The van der Waals surface area contributed by atoms with Crippen molar-refractivity contribution in [2.24, 2.45) is 11.7 Å². The molecule has 2 N–H and O–H groups in total. The third kappa shape index (κ3) is 4.73. The summed E-state index contributed by atoms with van der Waals surface area (Å²) in [6.07, 6.45) is 4.81. The number of aromatic nitrogens is 1. The molecule has 0 fully saturated rings. The van der Waals surface area contributed by atoms with E-state index >= 15 is 0 Å². The molecule has 0 aliphatic heterocycles. The molecule has 1 heterocycles. The van der Waals surface area contributed by atoms with E-state index in [9.17, 15) is 0 Å². The number of hydrogen-bond acceptors (Lipinski definition) is 3. The topological polar surface area (TPSA) is 42.2 Å². The van der Waals surface area contributed by atoms with Gasteiger partial charge in [0.2, 0.25) is 0 Å². The maximum Gasteiger partial charge on any atom is 0.0271 e. The first-order valence-electron chi connectivity index (χ1n) is 6.07. The number of hydrogen-bond donors (Lipinski definition) is 1. The molecule has 16 heavy (non-hydrogen) atoms. The van der Waals surface area contributed by atoms with Gasteiger partial charge in [0.15, 0.2) is 0 Å². The summed E-state index contributed by atoms with van der Waals surface area (Å²) in [6.45, 7) is 8.47. The van der Waals surface area contributed by atoms with Crippen LogP contribution < -0.4 is 5.73 Å². The Morgan fingerprint density at radius 2 is 2.06 bits per heavy atom. The van der Waals surface area contributed by atoms with Crippen molar-refractivity contribution >= 4 is 0 Å². The summed E-state index contributed by atoms with van der Waals surface area (Å²) in [7, 11) is 0. The molecule has 1 rings (SSSR count). The first kappa shape index (κ1) is 13.1. The van der Waals surface area contributed by atoms with Crippen LogP contribution in [0.4, 0.5) is 0 Å². The lowest BCUT2D eigenvalue weighted by Gasteiger charge is -2.24. The van der Waals surface area contributed by atoms with Gasteiger partial charge in [-0.25, -0.2) is 0 Å². The van der Waals surface area contributed by atoms with Gasteiger partial charge >= 0.3 is 0 Å². The quantitative estimate of drug-likeness (QED) is 0.764. The minimum atomic E-state index is 0.673. The van der Waals surface area contributed by atoms with Gasteiger partial charge in [-0.3, -0.25) is 9.88 Å². The molecule has 0 saturated carbocycles. The lowest BCUT2D eigenvalue weighted by Crippen LogP contribution is -2.29. The zero-order valence-electron chi connectivity index (χ0n) is 10.4. The van der Waals surface area contributed by atoms with Crippen LogP contribution in [0.25, 0.3) is 0 Å². The monoisotopic (exact) mass is 221 g/mol. The molecule has 0 bridgehead atoms. The van der Waals surface area contributed by atoms with Crippen LogP contribution in [0.2, 0.25) is 0 Å². The minimum Gasteiger partial charge on any atom is -0.330 e.